The van der Waals surface area contributed by atoms with Crippen LogP contribution in [0.25, 0.3) is 0 Å². The minimum Gasteiger partial charge on any atom is -0.467 e. The highest BCUT2D eigenvalue weighted by Gasteiger charge is 2.28. The van der Waals surface area contributed by atoms with Crippen molar-refractivity contribution in [1.82, 2.24) is 0 Å². The Morgan fingerprint density at radius 2 is 2.18 bits per heavy atom. The fourth-order valence-electron chi connectivity index (χ4n) is 1.37. The molecule has 0 aliphatic rings. The van der Waals surface area contributed by atoms with Gasteiger partial charge in [0.2, 0.25) is 0 Å². The van der Waals surface area contributed by atoms with Crippen molar-refractivity contribution in [3.63, 3.8) is 0 Å². The number of aliphatic hydroxyl groups excluding tert-OH is 2. The first-order valence-electron chi connectivity index (χ1n) is 4.93. The molecule has 94 valence electrons. The number of hydrogen-bond acceptors (Lipinski definition) is 5. The summed E-state index contributed by atoms with van der Waals surface area (Å²) in [7, 11) is 1.06. The highest BCUT2D eigenvalue weighted by Crippen LogP contribution is 2.22. The number of rotatable bonds is 4. The summed E-state index contributed by atoms with van der Waals surface area (Å²) in [6.45, 7) is 0.161. The predicted octanol–water partition coefficient (Wildman–Crippen LogP) is -0.148. The van der Waals surface area contributed by atoms with E-state index in [1.54, 1.807) is 0 Å². The molecule has 1 rings (SSSR count). The lowest BCUT2D eigenvalue weighted by molar-refractivity contribution is -0.156. The Morgan fingerprint density at radius 3 is 2.71 bits per heavy atom. The second-order valence-corrected chi connectivity index (χ2v) is 3.47. The molecule has 0 spiro atoms. The van der Waals surface area contributed by atoms with Crippen LogP contribution in [0.3, 0.4) is 0 Å². The van der Waals surface area contributed by atoms with Crippen molar-refractivity contribution in [2.75, 3.05) is 7.11 Å². The van der Waals surface area contributed by atoms with Crippen molar-refractivity contribution in [1.29, 1.82) is 0 Å². The van der Waals surface area contributed by atoms with E-state index in [1.807, 2.05) is 0 Å². The molecule has 0 saturated carbocycles. The van der Waals surface area contributed by atoms with Gasteiger partial charge in [-0.25, -0.2) is 9.18 Å². The Labute approximate surface area is 97.6 Å². The Bertz CT molecular complexity index is 410. The molecule has 0 heterocycles. The van der Waals surface area contributed by atoms with Crippen LogP contribution in [0.4, 0.5) is 4.39 Å². The third-order valence-corrected chi connectivity index (χ3v) is 2.36. The Morgan fingerprint density at radius 1 is 1.53 bits per heavy atom. The van der Waals surface area contributed by atoms with Crippen LogP contribution < -0.4 is 5.73 Å². The highest BCUT2D eigenvalue weighted by molar-refractivity contribution is 5.75. The molecule has 0 bridgehead atoms. The number of halogens is 1. The number of nitrogens with two attached hydrogens (primary N) is 1. The molecule has 4 N–H and O–H groups in total. The molecule has 0 aliphatic carbocycles. The number of aliphatic hydroxyl groups is 2. The van der Waals surface area contributed by atoms with Crippen molar-refractivity contribution >= 4 is 5.97 Å². The molecule has 17 heavy (non-hydrogen) atoms. The third kappa shape index (κ3) is 3.00. The molecule has 5 nitrogen and oxygen atoms in total. The maximum Gasteiger partial charge on any atom is 0.337 e. The van der Waals surface area contributed by atoms with Gasteiger partial charge in [-0.2, -0.15) is 0 Å². The molecule has 0 aliphatic heterocycles. The van der Waals surface area contributed by atoms with Crippen LogP contribution in [-0.2, 0) is 16.1 Å². The second-order valence-electron chi connectivity index (χ2n) is 3.47. The molecule has 1 aromatic rings. The Hall–Kier alpha value is -1.50. The van der Waals surface area contributed by atoms with E-state index in [1.165, 1.54) is 12.1 Å². The average Bonchev–Trinajstić information content (AvgIpc) is 2.36. The first kappa shape index (κ1) is 13.6. The predicted molar refractivity (Wildman–Crippen MR) is 57.3 cm³/mol. The van der Waals surface area contributed by atoms with E-state index in [9.17, 15) is 19.4 Å². The van der Waals surface area contributed by atoms with Crippen LogP contribution in [0.2, 0.25) is 0 Å². The summed E-state index contributed by atoms with van der Waals surface area (Å²) < 4.78 is 17.7. The molecule has 1 aromatic carbocycles. The molecule has 0 aromatic heterocycles. The monoisotopic (exact) mass is 243 g/mol. The summed E-state index contributed by atoms with van der Waals surface area (Å²) in [4.78, 5) is 11.0. The van der Waals surface area contributed by atoms with Crippen molar-refractivity contribution < 1.29 is 24.1 Å². The lowest BCUT2D eigenvalue weighted by Crippen LogP contribution is -2.29. The van der Waals surface area contributed by atoms with Crippen LogP contribution in [0.1, 0.15) is 17.2 Å². The lowest BCUT2D eigenvalue weighted by Gasteiger charge is -2.17. The fraction of sp³-hybridized carbons (Fsp3) is 0.364. The van der Waals surface area contributed by atoms with E-state index >= 15 is 0 Å². The molecule has 0 saturated heterocycles. The van der Waals surface area contributed by atoms with Crippen LogP contribution in [0, 0.1) is 5.82 Å². The summed E-state index contributed by atoms with van der Waals surface area (Å²) in [5.41, 5.74) is 5.76. The van der Waals surface area contributed by atoms with E-state index in [4.69, 9.17) is 5.73 Å². The third-order valence-electron chi connectivity index (χ3n) is 2.36. The average molecular weight is 243 g/mol. The zero-order valence-electron chi connectivity index (χ0n) is 9.26. The van der Waals surface area contributed by atoms with E-state index in [2.05, 4.69) is 4.74 Å². The van der Waals surface area contributed by atoms with E-state index in [-0.39, 0.29) is 12.1 Å². The summed E-state index contributed by atoms with van der Waals surface area (Å²) >= 11 is 0. The first-order valence-corrected chi connectivity index (χ1v) is 4.93. The van der Waals surface area contributed by atoms with Gasteiger partial charge in [0.15, 0.2) is 6.10 Å². The van der Waals surface area contributed by atoms with Gasteiger partial charge < -0.3 is 20.7 Å². The number of ether oxygens (including phenoxy) is 1. The van der Waals surface area contributed by atoms with E-state index < -0.39 is 24.0 Å². The standard InChI is InChI=1S/C11H14FNO4/c1-17-11(16)10(15)9(14)7-4-6(5-13)2-3-8(7)12/h2-4,9-10,14-15H,5,13H2,1H3. The van der Waals surface area contributed by atoms with Crippen molar-refractivity contribution in [2.24, 2.45) is 5.73 Å². The number of carbonyl (C=O) groups is 1. The van der Waals surface area contributed by atoms with Gasteiger partial charge in [-0.1, -0.05) is 6.07 Å². The van der Waals surface area contributed by atoms with Gasteiger partial charge in [0.25, 0.3) is 0 Å². The van der Waals surface area contributed by atoms with E-state index in [0.717, 1.165) is 13.2 Å². The molecule has 2 unspecified atom stereocenters. The Kier molecular flexibility index (Phi) is 4.56. The molecule has 2 atom stereocenters. The summed E-state index contributed by atoms with van der Waals surface area (Å²) in [6, 6.07) is 3.87. The van der Waals surface area contributed by atoms with Gasteiger partial charge in [-0.05, 0) is 17.7 Å². The number of esters is 1. The highest BCUT2D eigenvalue weighted by atomic mass is 19.1. The number of benzene rings is 1. The molecule has 0 amide bonds. The smallest absolute Gasteiger partial charge is 0.337 e. The number of hydrogen-bond donors (Lipinski definition) is 3. The molecule has 6 heteroatoms. The molecule has 0 radical (unpaired) electrons. The normalized spacial score (nSPS) is 14.2. The largest absolute Gasteiger partial charge is 0.467 e. The quantitative estimate of drug-likeness (QED) is 0.640. The zero-order valence-corrected chi connectivity index (χ0v) is 9.26. The SMILES string of the molecule is COC(=O)C(O)C(O)c1cc(CN)ccc1F. The van der Waals surface area contributed by atoms with E-state index in [0.29, 0.717) is 5.56 Å². The molecular weight excluding hydrogens is 229 g/mol. The molecule has 0 fully saturated rings. The fourth-order valence-corrected chi connectivity index (χ4v) is 1.37. The Balaban J connectivity index is 3.02. The van der Waals surface area contributed by atoms with Gasteiger partial charge in [0.1, 0.15) is 11.9 Å². The van der Waals surface area contributed by atoms with Crippen LogP contribution >= 0.6 is 0 Å². The van der Waals surface area contributed by atoms with Crippen molar-refractivity contribution in [3.8, 4) is 0 Å². The minimum absolute atomic E-state index is 0.161. The van der Waals surface area contributed by atoms with Crippen LogP contribution in [0.15, 0.2) is 18.2 Å². The van der Waals surface area contributed by atoms with Crippen LogP contribution in [0.5, 0.6) is 0 Å². The van der Waals surface area contributed by atoms with Crippen molar-refractivity contribution in [2.45, 2.75) is 18.8 Å². The number of methoxy groups -OCH3 is 1. The maximum atomic E-state index is 13.4. The molecular formula is C11H14FNO4. The van der Waals surface area contributed by atoms with Gasteiger partial charge in [-0.3, -0.25) is 0 Å². The first-order chi connectivity index (χ1) is 8.01. The zero-order chi connectivity index (χ0) is 13.0. The maximum absolute atomic E-state index is 13.4. The van der Waals surface area contributed by atoms with Crippen molar-refractivity contribution in [3.05, 3.63) is 35.1 Å². The van der Waals surface area contributed by atoms with Gasteiger partial charge >= 0.3 is 5.97 Å². The van der Waals surface area contributed by atoms with Gasteiger partial charge in [-0.15, -0.1) is 0 Å². The summed E-state index contributed by atoms with van der Waals surface area (Å²) in [5.74, 6) is -1.76. The number of carbonyl (C=O) groups excluding carboxylic acids is 1. The minimum atomic E-state index is -1.83. The summed E-state index contributed by atoms with van der Waals surface area (Å²) in [5, 5.41) is 19.1. The topological polar surface area (TPSA) is 92.8 Å². The van der Waals surface area contributed by atoms with Gasteiger partial charge in [0.05, 0.1) is 7.11 Å². The van der Waals surface area contributed by atoms with Gasteiger partial charge in [0, 0.05) is 12.1 Å². The lowest BCUT2D eigenvalue weighted by atomic mass is 10.0. The second kappa shape index (κ2) is 5.72. The summed E-state index contributed by atoms with van der Waals surface area (Å²) in [6.07, 6.45) is -3.52. The van der Waals surface area contributed by atoms with Crippen LogP contribution in [-0.4, -0.2) is 29.4 Å².